The van der Waals surface area contributed by atoms with Gasteiger partial charge in [0.2, 0.25) is 5.91 Å². The van der Waals surface area contributed by atoms with Gasteiger partial charge in [-0.2, -0.15) is 5.10 Å². The van der Waals surface area contributed by atoms with E-state index in [1.807, 2.05) is 47.8 Å². The Kier molecular flexibility index (Phi) is 5.57. The van der Waals surface area contributed by atoms with E-state index in [4.69, 9.17) is 0 Å². The van der Waals surface area contributed by atoms with E-state index in [1.165, 1.54) is 0 Å². The van der Waals surface area contributed by atoms with E-state index in [0.717, 1.165) is 41.8 Å². The molecule has 0 spiro atoms. The molecule has 5 nitrogen and oxygen atoms in total. The molecule has 1 fully saturated rings. The SMILES string of the molecule is CN(CC(=O)N1N=C(c2cccs2)CC1c1ccccc1)C(=O)C1CCCC1. The number of likely N-dealkylation sites (N-methyl/N-ethyl adjacent to an activating group) is 1. The molecule has 2 aromatic rings. The molecule has 1 saturated carbocycles. The van der Waals surface area contributed by atoms with Crippen LogP contribution in [0.3, 0.4) is 0 Å². The van der Waals surface area contributed by atoms with Crippen molar-refractivity contribution >= 4 is 28.9 Å². The van der Waals surface area contributed by atoms with Crippen molar-refractivity contribution in [2.24, 2.45) is 11.0 Å². The minimum Gasteiger partial charge on any atom is -0.336 e. The van der Waals surface area contributed by atoms with Gasteiger partial charge in [0.25, 0.3) is 5.91 Å². The standard InChI is InChI=1S/C22H25N3O2S/c1-24(22(27)17-10-5-6-11-17)15-21(26)25-19(16-8-3-2-4-9-16)14-18(23-25)20-12-7-13-28-20/h2-4,7-9,12-13,17,19H,5-6,10-11,14-15H2,1H3. The summed E-state index contributed by atoms with van der Waals surface area (Å²) < 4.78 is 0. The van der Waals surface area contributed by atoms with Crippen LogP contribution >= 0.6 is 11.3 Å². The quantitative estimate of drug-likeness (QED) is 0.766. The highest BCUT2D eigenvalue weighted by molar-refractivity contribution is 7.12. The summed E-state index contributed by atoms with van der Waals surface area (Å²) in [7, 11) is 1.73. The summed E-state index contributed by atoms with van der Waals surface area (Å²) in [5.74, 6) is 0.0319. The van der Waals surface area contributed by atoms with Crippen LogP contribution in [-0.2, 0) is 9.59 Å². The Labute approximate surface area is 169 Å². The molecule has 1 unspecified atom stereocenters. The van der Waals surface area contributed by atoms with Gasteiger partial charge in [-0.1, -0.05) is 49.2 Å². The zero-order valence-corrected chi connectivity index (χ0v) is 16.9. The Morgan fingerprint density at radius 2 is 1.89 bits per heavy atom. The fourth-order valence-electron chi connectivity index (χ4n) is 4.10. The van der Waals surface area contributed by atoms with Gasteiger partial charge >= 0.3 is 0 Å². The topological polar surface area (TPSA) is 53.0 Å². The molecule has 6 heteroatoms. The van der Waals surface area contributed by atoms with Crippen LogP contribution in [0, 0.1) is 5.92 Å². The minimum absolute atomic E-state index is 0.0693. The van der Waals surface area contributed by atoms with Crippen LogP contribution in [0.1, 0.15) is 48.6 Å². The molecule has 2 aliphatic rings. The molecular formula is C22H25N3O2S. The molecule has 0 bridgehead atoms. The van der Waals surface area contributed by atoms with Crippen molar-refractivity contribution in [2.45, 2.75) is 38.1 Å². The summed E-state index contributed by atoms with van der Waals surface area (Å²) in [6, 6.07) is 13.9. The number of carbonyl (C=O) groups excluding carboxylic acids is 2. The molecule has 1 aliphatic heterocycles. The van der Waals surface area contributed by atoms with Crippen molar-refractivity contribution in [3.63, 3.8) is 0 Å². The Balaban J connectivity index is 1.53. The first kappa shape index (κ1) is 18.9. The second-order valence-corrected chi connectivity index (χ2v) is 8.52. The van der Waals surface area contributed by atoms with Crippen LogP contribution in [0.2, 0.25) is 0 Å². The molecule has 28 heavy (non-hydrogen) atoms. The lowest BCUT2D eigenvalue weighted by Gasteiger charge is -2.26. The average molecular weight is 396 g/mol. The summed E-state index contributed by atoms with van der Waals surface area (Å²) in [5, 5.41) is 8.28. The summed E-state index contributed by atoms with van der Waals surface area (Å²) in [5.41, 5.74) is 2.00. The second kappa shape index (κ2) is 8.27. The smallest absolute Gasteiger partial charge is 0.262 e. The first-order chi connectivity index (χ1) is 13.6. The van der Waals surface area contributed by atoms with E-state index in [9.17, 15) is 9.59 Å². The Morgan fingerprint density at radius 1 is 1.14 bits per heavy atom. The van der Waals surface area contributed by atoms with Gasteiger partial charge in [0.1, 0.15) is 6.54 Å². The minimum atomic E-state index is -0.130. The van der Waals surface area contributed by atoms with E-state index < -0.39 is 0 Å². The molecule has 1 atom stereocenters. The van der Waals surface area contributed by atoms with Gasteiger partial charge in [0, 0.05) is 19.4 Å². The molecule has 4 rings (SSSR count). The van der Waals surface area contributed by atoms with Crippen molar-refractivity contribution in [1.29, 1.82) is 0 Å². The molecule has 2 heterocycles. The van der Waals surface area contributed by atoms with Gasteiger partial charge in [-0.25, -0.2) is 5.01 Å². The van der Waals surface area contributed by atoms with Crippen molar-refractivity contribution in [3.8, 4) is 0 Å². The van der Waals surface area contributed by atoms with E-state index in [-0.39, 0.29) is 30.3 Å². The van der Waals surface area contributed by atoms with Crippen LogP contribution < -0.4 is 0 Å². The average Bonchev–Trinajstić information content (AvgIpc) is 3.49. The molecular weight excluding hydrogens is 370 g/mol. The van der Waals surface area contributed by atoms with Gasteiger partial charge in [-0.05, 0) is 29.9 Å². The predicted octanol–water partition coefficient (Wildman–Crippen LogP) is 4.07. The molecule has 0 radical (unpaired) electrons. The molecule has 146 valence electrons. The van der Waals surface area contributed by atoms with Gasteiger partial charge in [0.15, 0.2) is 0 Å². The van der Waals surface area contributed by atoms with Crippen LogP contribution in [0.25, 0.3) is 0 Å². The first-order valence-electron chi connectivity index (χ1n) is 9.87. The number of hydrogen-bond acceptors (Lipinski definition) is 4. The summed E-state index contributed by atoms with van der Waals surface area (Å²) in [6.45, 7) is 0.0693. The monoisotopic (exact) mass is 395 g/mol. The number of benzene rings is 1. The second-order valence-electron chi connectivity index (χ2n) is 7.57. The van der Waals surface area contributed by atoms with Crippen molar-refractivity contribution in [2.75, 3.05) is 13.6 Å². The maximum absolute atomic E-state index is 13.1. The summed E-state index contributed by atoms with van der Waals surface area (Å²) in [4.78, 5) is 28.4. The Bertz CT molecular complexity index is 857. The number of hydrazone groups is 1. The van der Waals surface area contributed by atoms with Crippen molar-refractivity contribution in [1.82, 2.24) is 9.91 Å². The number of carbonyl (C=O) groups is 2. The molecule has 2 amide bonds. The maximum Gasteiger partial charge on any atom is 0.262 e. The molecule has 1 aromatic heterocycles. The van der Waals surface area contributed by atoms with E-state index >= 15 is 0 Å². The fraction of sp³-hybridized carbons (Fsp3) is 0.409. The number of rotatable bonds is 5. The third-order valence-electron chi connectivity index (χ3n) is 5.61. The van der Waals surface area contributed by atoms with E-state index in [2.05, 4.69) is 5.10 Å². The largest absolute Gasteiger partial charge is 0.336 e. The van der Waals surface area contributed by atoms with Crippen molar-refractivity contribution in [3.05, 3.63) is 58.3 Å². The number of nitrogens with zero attached hydrogens (tertiary/aromatic N) is 3. The highest BCUT2D eigenvalue weighted by atomic mass is 32.1. The van der Waals surface area contributed by atoms with Gasteiger partial charge in [-0.3, -0.25) is 9.59 Å². The van der Waals surface area contributed by atoms with E-state index in [1.54, 1.807) is 28.3 Å². The normalized spacial score (nSPS) is 19.7. The molecule has 1 aliphatic carbocycles. The van der Waals surface area contributed by atoms with Gasteiger partial charge in [0.05, 0.1) is 16.6 Å². The predicted molar refractivity (Wildman–Crippen MR) is 111 cm³/mol. The lowest BCUT2D eigenvalue weighted by molar-refractivity contribution is -0.142. The first-order valence-corrected chi connectivity index (χ1v) is 10.7. The Morgan fingerprint density at radius 3 is 2.57 bits per heavy atom. The van der Waals surface area contributed by atoms with E-state index in [0.29, 0.717) is 6.42 Å². The van der Waals surface area contributed by atoms with Gasteiger partial charge in [-0.15, -0.1) is 11.3 Å². The zero-order valence-electron chi connectivity index (χ0n) is 16.1. The molecule has 0 saturated heterocycles. The molecule has 1 aromatic carbocycles. The summed E-state index contributed by atoms with van der Waals surface area (Å²) >= 11 is 1.63. The highest BCUT2D eigenvalue weighted by Gasteiger charge is 2.35. The number of amides is 2. The maximum atomic E-state index is 13.1. The zero-order chi connectivity index (χ0) is 19.5. The number of thiophene rings is 1. The lowest BCUT2D eigenvalue weighted by Crippen LogP contribution is -2.41. The lowest BCUT2D eigenvalue weighted by atomic mass is 10.0. The third-order valence-corrected chi connectivity index (χ3v) is 6.53. The van der Waals surface area contributed by atoms with Crippen LogP contribution in [0.5, 0.6) is 0 Å². The third kappa shape index (κ3) is 3.87. The molecule has 0 N–H and O–H groups in total. The summed E-state index contributed by atoms with van der Waals surface area (Å²) in [6.07, 6.45) is 4.78. The van der Waals surface area contributed by atoms with Gasteiger partial charge < -0.3 is 4.90 Å². The van der Waals surface area contributed by atoms with Crippen LogP contribution in [0.4, 0.5) is 0 Å². The van der Waals surface area contributed by atoms with Crippen LogP contribution in [-0.4, -0.2) is 41.0 Å². The van der Waals surface area contributed by atoms with Crippen LogP contribution in [0.15, 0.2) is 52.9 Å². The number of hydrogen-bond donors (Lipinski definition) is 0. The highest BCUT2D eigenvalue weighted by Crippen LogP contribution is 2.34. The van der Waals surface area contributed by atoms with Crippen molar-refractivity contribution < 1.29 is 9.59 Å². The fourth-order valence-corrected chi connectivity index (χ4v) is 4.83. The Hall–Kier alpha value is -2.47.